The van der Waals surface area contributed by atoms with Crippen LogP contribution in [0, 0.1) is 0 Å². The summed E-state index contributed by atoms with van der Waals surface area (Å²) in [5.41, 5.74) is 2.46. The molecule has 0 radical (unpaired) electrons. The topological polar surface area (TPSA) is 44.1 Å². The van der Waals surface area contributed by atoms with Gasteiger partial charge in [-0.1, -0.05) is 0 Å². The fraction of sp³-hybridized carbons (Fsp3) is 0.167. The van der Waals surface area contributed by atoms with E-state index in [2.05, 4.69) is 5.10 Å². The number of hydrogen-bond donors (Lipinski definition) is 0. The fourth-order valence-electron chi connectivity index (χ4n) is 1.61. The molecule has 0 amide bonds. The van der Waals surface area contributed by atoms with E-state index in [1.807, 2.05) is 25.2 Å². The second-order valence-electron chi connectivity index (χ2n) is 3.45. The number of hydrogen-bond acceptors (Lipinski definition) is 3. The van der Waals surface area contributed by atoms with Gasteiger partial charge in [0.1, 0.15) is 12.0 Å². The largest absolute Gasteiger partial charge is 0.497 e. The van der Waals surface area contributed by atoms with Gasteiger partial charge < -0.3 is 4.74 Å². The van der Waals surface area contributed by atoms with E-state index in [-0.39, 0.29) is 0 Å². The van der Waals surface area contributed by atoms with Gasteiger partial charge >= 0.3 is 0 Å². The van der Waals surface area contributed by atoms with Crippen molar-refractivity contribution in [1.82, 2.24) is 9.78 Å². The third-order valence-corrected chi connectivity index (χ3v) is 2.42. The number of nitrogens with zero attached hydrogens (tertiary/aromatic N) is 2. The van der Waals surface area contributed by atoms with E-state index in [1.165, 1.54) is 0 Å². The number of aryl methyl sites for hydroxylation is 1. The van der Waals surface area contributed by atoms with Crippen LogP contribution in [0.4, 0.5) is 0 Å². The van der Waals surface area contributed by atoms with E-state index in [9.17, 15) is 4.79 Å². The van der Waals surface area contributed by atoms with Gasteiger partial charge in [-0.25, -0.2) is 0 Å². The van der Waals surface area contributed by atoms with Crippen molar-refractivity contribution < 1.29 is 9.53 Å². The summed E-state index contributed by atoms with van der Waals surface area (Å²) in [6.45, 7) is 0. The Balaban J connectivity index is 2.56. The predicted octanol–water partition coefficient (Wildman–Crippen LogP) is 1.91. The van der Waals surface area contributed by atoms with Gasteiger partial charge in [0.25, 0.3) is 0 Å². The monoisotopic (exact) mass is 216 g/mol. The molecule has 0 unspecified atom stereocenters. The molecule has 1 heterocycles. The molecule has 0 atom stereocenters. The van der Waals surface area contributed by atoms with Gasteiger partial charge in [-0.15, -0.1) is 0 Å². The molecule has 16 heavy (non-hydrogen) atoms. The highest BCUT2D eigenvalue weighted by atomic mass is 16.5. The van der Waals surface area contributed by atoms with Crippen molar-refractivity contribution in [2.75, 3.05) is 7.11 Å². The number of aldehydes is 1. The zero-order valence-electron chi connectivity index (χ0n) is 9.18. The van der Waals surface area contributed by atoms with Gasteiger partial charge in [0.2, 0.25) is 0 Å². The summed E-state index contributed by atoms with van der Waals surface area (Å²) in [4.78, 5) is 10.8. The van der Waals surface area contributed by atoms with Crippen molar-refractivity contribution in [1.29, 1.82) is 0 Å². The quantitative estimate of drug-likeness (QED) is 0.736. The lowest BCUT2D eigenvalue weighted by molar-refractivity contribution is 0.112. The molecule has 1 aromatic carbocycles. The number of rotatable bonds is 3. The summed E-state index contributed by atoms with van der Waals surface area (Å²) in [5.74, 6) is 0.667. The lowest BCUT2D eigenvalue weighted by atomic mass is 10.1. The molecule has 4 nitrogen and oxygen atoms in total. The molecule has 0 saturated carbocycles. The molecule has 1 aromatic heterocycles. The first-order chi connectivity index (χ1) is 7.74. The van der Waals surface area contributed by atoms with Gasteiger partial charge in [-0.05, 0) is 24.3 Å². The third kappa shape index (κ3) is 1.82. The Morgan fingerprint density at radius 2 is 2.19 bits per heavy atom. The number of carbonyl (C=O) groups excluding carboxylic acids is 1. The average Bonchev–Trinajstić information content (AvgIpc) is 2.74. The zero-order chi connectivity index (χ0) is 11.5. The van der Waals surface area contributed by atoms with Gasteiger partial charge in [0.15, 0.2) is 0 Å². The second kappa shape index (κ2) is 4.18. The van der Waals surface area contributed by atoms with E-state index in [1.54, 1.807) is 24.1 Å². The molecule has 2 rings (SSSR count). The Bertz CT molecular complexity index is 517. The molecule has 0 bridgehead atoms. The lowest BCUT2D eigenvalue weighted by Crippen LogP contribution is -1.95. The van der Waals surface area contributed by atoms with Gasteiger partial charge in [-0.3, -0.25) is 9.48 Å². The lowest BCUT2D eigenvalue weighted by Gasteiger charge is -2.06. The van der Waals surface area contributed by atoms with Crippen LogP contribution >= 0.6 is 0 Å². The number of benzene rings is 1. The first-order valence-electron chi connectivity index (χ1n) is 4.87. The van der Waals surface area contributed by atoms with Crippen molar-refractivity contribution >= 4 is 6.29 Å². The van der Waals surface area contributed by atoms with E-state index in [0.29, 0.717) is 11.3 Å². The maximum atomic E-state index is 10.8. The molecule has 0 saturated heterocycles. The van der Waals surface area contributed by atoms with Crippen molar-refractivity contribution in [3.05, 3.63) is 36.0 Å². The fourth-order valence-corrected chi connectivity index (χ4v) is 1.61. The minimum atomic E-state index is 0.593. The number of methoxy groups -OCH3 is 1. The molecule has 0 N–H and O–H groups in total. The molecule has 0 fully saturated rings. The molecule has 2 aromatic rings. The molecule has 0 aliphatic carbocycles. The van der Waals surface area contributed by atoms with E-state index >= 15 is 0 Å². The maximum absolute atomic E-state index is 10.8. The predicted molar refractivity (Wildman–Crippen MR) is 60.6 cm³/mol. The van der Waals surface area contributed by atoms with Crippen LogP contribution in [-0.2, 0) is 7.05 Å². The van der Waals surface area contributed by atoms with Gasteiger partial charge in [0.05, 0.1) is 12.8 Å². The number of carbonyl (C=O) groups is 1. The molecule has 4 heteroatoms. The van der Waals surface area contributed by atoms with Crippen molar-refractivity contribution in [2.24, 2.45) is 7.05 Å². The van der Waals surface area contributed by atoms with E-state index in [4.69, 9.17) is 4.74 Å². The maximum Gasteiger partial charge on any atom is 0.150 e. The van der Waals surface area contributed by atoms with Crippen molar-refractivity contribution in [3.8, 4) is 17.0 Å². The molecule has 0 aliphatic rings. The van der Waals surface area contributed by atoms with Crippen LogP contribution in [0.1, 0.15) is 10.4 Å². The average molecular weight is 216 g/mol. The Labute approximate surface area is 93.5 Å². The standard InChI is InChI=1S/C12H12N2O2/c1-14-12(3-4-13-14)10-5-9(8-15)6-11(7-10)16-2/h3-8H,1-2H3. The molecular formula is C12H12N2O2. The van der Waals surface area contributed by atoms with Crippen molar-refractivity contribution in [3.63, 3.8) is 0 Å². The van der Waals surface area contributed by atoms with Crippen LogP contribution < -0.4 is 4.74 Å². The van der Waals surface area contributed by atoms with Crippen LogP contribution in [0.3, 0.4) is 0 Å². The molecule has 0 spiro atoms. The summed E-state index contributed by atoms with van der Waals surface area (Å²) in [6, 6.07) is 7.28. The van der Waals surface area contributed by atoms with Crippen LogP contribution in [0.5, 0.6) is 5.75 Å². The second-order valence-corrected chi connectivity index (χ2v) is 3.45. The molecule has 0 aliphatic heterocycles. The van der Waals surface area contributed by atoms with Crippen LogP contribution in [0.25, 0.3) is 11.3 Å². The highest BCUT2D eigenvalue weighted by molar-refractivity contribution is 5.79. The Kier molecular flexibility index (Phi) is 2.72. The number of aromatic nitrogens is 2. The first kappa shape index (κ1) is 10.4. The SMILES string of the molecule is COc1cc(C=O)cc(-c2ccnn2C)c1. The van der Waals surface area contributed by atoms with Crippen LogP contribution in [0.15, 0.2) is 30.5 Å². The Morgan fingerprint density at radius 3 is 2.75 bits per heavy atom. The van der Waals surface area contributed by atoms with Gasteiger partial charge in [0, 0.05) is 24.4 Å². The van der Waals surface area contributed by atoms with Crippen LogP contribution in [-0.4, -0.2) is 23.2 Å². The summed E-state index contributed by atoms with van der Waals surface area (Å²) < 4.78 is 6.90. The molecular weight excluding hydrogens is 204 g/mol. The minimum Gasteiger partial charge on any atom is -0.497 e. The van der Waals surface area contributed by atoms with E-state index < -0.39 is 0 Å². The zero-order valence-corrected chi connectivity index (χ0v) is 9.18. The van der Waals surface area contributed by atoms with Gasteiger partial charge in [-0.2, -0.15) is 5.10 Å². The van der Waals surface area contributed by atoms with Crippen LogP contribution in [0.2, 0.25) is 0 Å². The summed E-state index contributed by atoms with van der Waals surface area (Å²) in [6.07, 6.45) is 2.53. The van der Waals surface area contributed by atoms with Crippen molar-refractivity contribution in [2.45, 2.75) is 0 Å². The third-order valence-electron chi connectivity index (χ3n) is 2.42. The van der Waals surface area contributed by atoms with E-state index in [0.717, 1.165) is 17.5 Å². The molecule has 82 valence electrons. The highest BCUT2D eigenvalue weighted by Crippen LogP contribution is 2.24. The summed E-state index contributed by atoms with van der Waals surface area (Å²) >= 11 is 0. The number of ether oxygens (including phenoxy) is 1. The Morgan fingerprint density at radius 1 is 1.38 bits per heavy atom. The minimum absolute atomic E-state index is 0.593. The smallest absolute Gasteiger partial charge is 0.150 e. The summed E-state index contributed by atoms with van der Waals surface area (Å²) in [5, 5.41) is 4.09. The normalized spacial score (nSPS) is 10.1. The highest BCUT2D eigenvalue weighted by Gasteiger charge is 2.06. The Hall–Kier alpha value is -2.10. The first-order valence-corrected chi connectivity index (χ1v) is 4.87. The summed E-state index contributed by atoms with van der Waals surface area (Å²) in [7, 11) is 3.44.